The highest BCUT2D eigenvalue weighted by Gasteiger charge is 2.20. The molecule has 3 aromatic rings. The van der Waals surface area contributed by atoms with Gasteiger partial charge in [-0.1, -0.05) is 57.0 Å². The molecule has 0 bridgehead atoms. The molecule has 27 heavy (non-hydrogen) atoms. The van der Waals surface area contributed by atoms with Gasteiger partial charge in [0.2, 0.25) is 0 Å². The summed E-state index contributed by atoms with van der Waals surface area (Å²) in [6, 6.07) is 19.9. The van der Waals surface area contributed by atoms with Crippen LogP contribution in [-0.2, 0) is 6.42 Å². The van der Waals surface area contributed by atoms with E-state index in [1.165, 1.54) is 5.56 Å². The summed E-state index contributed by atoms with van der Waals surface area (Å²) in [6.07, 6.45) is 2.86. The molecule has 0 radical (unpaired) electrons. The van der Waals surface area contributed by atoms with Crippen molar-refractivity contribution in [3.8, 4) is 0 Å². The summed E-state index contributed by atoms with van der Waals surface area (Å²) in [6.45, 7) is 2.06. The largest absolute Gasteiger partial charge is 0.411 e. The molecule has 0 saturated carbocycles. The Labute approximate surface area is 172 Å². The summed E-state index contributed by atoms with van der Waals surface area (Å²) in [4.78, 5) is 4.34. The van der Waals surface area contributed by atoms with Gasteiger partial charge in [-0.15, -0.1) is 0 Å². The third-order valence-electron chi connectivity index (χ3n) is 4.57. The molecule has 0 saturated heterocycles. The zero-order valence-electron chi connectivity index (χ0n) is 14.9. The van der Waals surface area contributed by atoms with E-state index in [1.807, 2.05) is 42.5 Å². The number of hydrogen-bond donors (Lipinski definition) is 1. The quantitative estimate of drug-likeness (QED) is 0.272. The van der Waals surface area contributed by atoms with Crippen molar-refractivity contribution in [3.63, 3.8) is 0 Å². The Balaban J connectivity index is 1.95. The van der Waals surface area contributed by atoms with Gasteiger partial charge in [0.25, 0.3) is 0 Å². The monoisotopic (exact) mass is 442 g/mol. The summed E-state index contributed by atoms with van der Waals surface area (Å²) < 4.78 is 1.03. The zero-order valence-corrected chi connectivity index (χ0v) is 17.3. The van der Waals surface area contributed by atoms with Crippen LogP contribution in [0.15, 0.2) is 76.5 Å². The Hall–Kier alpha value is -2.17. The average Bonchev–Trinajstić information content (AvgIpc) is 2.67. The fourth-order valence-corrected chi connectivity index (χ4v) is 3.72. The Morgan fingerprint density at radius 1 is 1.15 bits per heavy atom. The molecular weight excluding hydrogens is 424 g/mol. The average molecular weight is 444 g/mol. The van der Waals surface area contributed by atoms with Crippen molar-refractivity contribution in [2.24, 2.45) is 5.16 Å². The highest BCUT2D eigenvalue weighted by atomic mass is 79.9. The van der Waals surface area contributed by atoms with Gasteiger partial charge in [-0.25, -0.2) is 0 Å². The molecule has 1 N–H and O–H groups in total. The van der Waals surface area contributed by atoms with Gasteiger partial charge in [0.1, 0.15) is 0 Å². The molecule has 0 fully saturated rings. The fourth-order valence-electron chi connectivity index (χ4n) is 3.23. The molecule has 5 heteroatoms. The van der Waals surface area contributed by atoms with Crippen LogP contribution in [0.2, 0.25) is 5.02 Å². The van der Waals surface area contributed by atoms with Crippen LogP contribution in [-0.4, -0.2) is 15.9 Å². The SMILES string of the molecule is Cc1cc(Cl)ccc1C(CC(Cc1ccccn1)=NO)c1ccc(Br)cc1. The maximum Gasteiger partial charge on any atom is 0.0639 e. The lowest BCUT2D eigenvalue weighted by Crippen LogP contribution is -2.13. The van der Waals surface area contributed by atoms with Crippen molar-refractivity contribution in [1.29, 1.82) is 0 Å². The van der Waals surface area contributed by atoms with Gasteiger partial charge in [0.05, 0.1) is 5.71 Å². The van der Waals surface area contributed by atoms with Crippen molar-refractivity contribution >= 4 is 33.2 Å². The zero-order chi connectivity index (χ0) is 19.2. The Morgan fingerprint density at radius 2 is 1.93 bits per heavy atom. The summed E-state index contributed by atoms with van der Waals surface area (Å²) in [5, 5.41) is 13.9. The number of aryl methyl sites for hydroxylation is 1. The summed E-state index contributed by atoms with van der Waals surface area (Å²) >= 11 is 9.64. The molecule has 0 aliphatic heterocycles. The summed E-state index contributed by atoms with van der Waals surface area (Å²) in [5.41, 5.74) is 5.02. The van der Waals surface area contributed by atoms with Gasteiger partial charge >= 0.3 is 0 Å². The summed E-state index contributed by atoms with van der Waals surface area (Å²) in [5.74, 6) is 0.0602. The van der Waals surface area contributed by atoms with Crippen molar-refractivity contribution in [1.82, 2.24) is 4.98 Å². The molecular formula is C22H20BrClN2O. The molecule has 0 spiro atoms. The number of rotatable bonds is 6. The van der Waals surface area contributed by atoms with Crippen LogP contribution in [0.4, 0.5) is 0 Å². The third kappa shape index (κ3) is 5.18. The minimum absolute atomic E-state index is 0.0602. The second-order valence-corrected chi connectivity index (χ2v) is 7.83. The van der Waals surface area contributed by atoms with E-state index in [0.717, 1.165) is 26.3 Å². The molecule has 138 valence electrons. The lowest BCUT2D eigenvalue weighted by Gasteiger charge is -2.21. The molecule has 0 aliphatic rings. The Morgan fingerprint density at radius 3 is 2.56 bits per heavy atom. The normalized spacial score (nSPS) is 12.8. The van der Waals surface area contributed by atoms with Gasteiger partial charge in [0, 0.05) is 40.1 Å². The van der Waals surface area contributed by atoms with Crippen molar-refractivity contribution in [2.75, 3.05) is 0 Å². The van der Waals surface area contributed by atoms with Crippen molar-refractivity contribution in [2.45, 2.75) is 25.7 Å². The summed E-state index contributed by atoms with van der Waals surface area (Å²) in [7, 11) is 0. The van der Waals surface area contributed by atoms with Gasteiger partial charge < -0.3 is 5.21 Å². The minimum Gasteiger partial charge on any atom is -0.411 e. The molecule has 0 aliphatic carbocycles. The first kappa shape index (κ1) is 19.6. The Kier molecular flexibility index (Phi) is 6.64. The van der Waals surface area contributed by atoms with E-state index in [2.05, 4.69) is 51.2 Å². The van der Waals surface area contributed by atoms with Gasteiger partial charge in [0.15, 0.2) is 0 Å². The van der Waals surface area contributed by atoms with Crippen LogP contribution in [0.25, 0.3) is 0 Å². The predicted octanol–water partition coefficient (Wildman–Crippen LogP) is 6.40. The molecule has 1 atom stereocenters. The lowest BCUT2D eigenvalue weighted by atomic mass is 9.84. The van der Waals surface area contributed by atoms with Gasteiger partial charge in [-0.3, -0.25) is 4.98 Å². The predicted molar refractivity (Wildman–Crippen MR) is 114 cm³/mol. The molecule has 1 heterocycles. The smallest absolute Gasteiger partial charge is 0.0639 e. The minimum atomic E-state index is 0.0602. The van der Waals surface area contributed by atoms with Crippen LogP contribution in [0.3, 0.4) is 0 Å². The van der Waals surface area contributed by atoms with Crippen molar-refractivity contribution < 1.29 is 5.21 Å². The number of pyridine rings is 1. The van der Waals surface area contributed by atoms with Crippen LogP contribution in [0.1, 0.15) is 34.7 Å². The van der Waals surface area contributed by atoms with Gasteiger partial charge in [-0.2, -0.15) is 0 Å². The number of benzene rings is 2. The number of nitrogens with zero attached hydrogens (tertiary/aromatic N) is 2. The van der Waals surface area contributed by atoms with E-state index in [1.54, 1.807) is 6.20 Å². The number of halogens is 2. The topological polar surface area (TPSA) is 45.5 Å². The molecule has 3 rings (SSSR count). The van der Waals surface area contributed by atoms with E-state index in [-0.39, 0.29) is 5.92 Å². The van der Waals surface area contributed by atoms with Crippen molar-refractivity contribution in [3.05, 3.63) is 98.7 Å². The van der Waals surface area contributed by atoms with E-state index in [9.17, 15) is 5.21 Å². The van der Waals surface area contributed by atoms with E-state index in [0.29, 0.717) is 18.6 Å². The van der Waals surface area contributed by atoms with Crippen LogP contribution >= 0.6 is 27.5 Å². The first-order chi connectivity index (χ1) is 13.1. The highest BCUT2D eigenvalue weighted by molar-refractivity contribution is 9.10. The third-order valence-corrected chi connectivity index (χ3v) is 5.34. The number of hydrogen-bond acceptors (Lipinski definition) is 3. The first-order valence-electron chi connectivity index (χ1n) is 8.68. The van der Waals surface area contributed by atoms with Crippen LogP contribution < -0.4 is 0 Å². The Bertz CT molecular complexity index is 927. The molecule has 1 unspecified atom stereocenters. The second-order valence-electron chi connectivity index (χ2n) is 6.47. The number of oxime groups is 1. The highest BCUT2D eigenvalue weighted by Crippen LogP contribution is 2.33. The molecule has 0 amide bonds. The van der Waals surface area contributed by atoms with Crippen LogP contribution in [0.5, 0.6) is 0 Å². The number of aromatic nitrogens is 1. The maximum absolute atomic E-state index is 9.62. The van der Waals surface area contributed by atoms with E-state index < -0.39 is 0 Å². The molecule has 1 aromatic heterocycles. The van der Waals surface area contributed by atoms with E-state index in [4.69, 9.17) is 11.6 Å². The fraction of sp³-hybridized carbons (Fsp3) is 0.182. The van der Waals surface area contributed by atoms with Gasteiger partial charge in [-0.05, 0) is 60.0 Å². The lowest BCUT2D eigenvalue weighted by molar-refractivity contribution is 0.316. The second kappa shape index (κ2) is 9.16. The van der Waals surface area contributed by atoms with E-state index >= 15 is 0 Å². The molecule has 2 aromatic carbocycles. The first-order valence-corrected chi connectivity index (χ1v) is 9.85. The molecule has 3 nitrogen and oxygen atoms in total. The standard InChI is InChI=1S/C22H20BrClN2O/c1-15-12-18(24)9-10-21(15)22(16-5-7-17(23)8-6-16)14-20(26-27)13-19-4-2-3-11-25-19/h2-12,22,27H,13-14H2,1H3. The maximum atomic E-state index is 9.62. The van der Waals surface area contributed by atoms with Crippen LogP contribution in [0, 0.1) is 6.92 Å².